The van der Waals surface area contributed by atoms with Crippen LogP contribution in [0.1, 0.15) is 0 Å². The molecule has 0 spiro atoms. The van der Waals surface area contributed by atoms with Gasteiger partial charge in [0.2, 0.25) is 0 Å². The van der Waals surface area contributed by atoms with E-state index >= 15 is 0 Å². The molecular weight excluding hydrogens is 216 g/mol. The summed E-state index contributed by atoms with van der Waals surface area (Å²) >= 11 is 0. The van der Waals surface area contributed by atoms with Gasteiger partial charge in [0, 0.05) is 0 Å². The second-order valence-electron chi connectivity index (χ2n) is 1.36. The van der Waals surface area contributed by atoms with Gasteiger partial charge in [0.15, 0.2) is 0 Å². The van der Waals surface area contributed by atoms with Crippen molar-refractivity contribution >= 4 is 20.8 Å². The Kier molecular flexibility index (Phi) is 3.04. The summed E-state index contributed by atoms with van der Waals surface area (Å²) in [6.45, 7) is 2.52. The van der Waals surface area contributed by atoms with Crippen molar-refractivity contribution in [3.8, 4) is 0 Å². The fourth-order valence-electron chi connectivity index (χ4n) is 0.242. The average molecular weight is 218 g/mol. The molecule has 0 atom stereocenters. The summed E-state index contributed by atoms with van der Waals surface area (Å²) in [6, 6.07) is 0. The van der Waals surface area contributed by atoms with E-state index in [4.69, 9.17) is 0 Å². The third kappa shape index (κ3) is 7.27. The van der Waals surface area contributed by atoms with Crippen LogP contribution in [0.4, 0.5) is 0 Å². The molecule has 0 aliphatic carbocycles. The second-order valence-corrected chi connectivity index (χ2v) is 3.32. The van der Waals surface area contributed by atoms with E-state index < -0.39 is 26.7 Å². The van der Waals surface area contributed by atoms with E-state index in [0.717, 1.165) is 0 Å². The molecule has 8 nitrogen and oxygen atoms in total. The summed E-state index contributed by atoms with van der Waals surface area (Å²) in [5, 5.41) is 0. The lowest BCUT2D eigenvalue weighted by molar-refractivity contribution is 0.193. The SMILES string of the molecule is C=C(OS(=O)(=O)[O-])OS(=O)(=O)[O-]. The van der Waals surface area contributed by atoms with Gasteiger partial charge in [-0.2, -0.15) is 0 Å². The summed E-state index contributed by atoms with van der Waals surface area (Å²) in [7, 11) is -10.3. The van der Waals surface area contributed by atoms with Gasteiger partial charge in [-0.25, -0.2) is 16.8 Å². The van der Waals surface area contributed by atoms with Crippen molar-refractivity contribution in [1.82, 2.24) is 0 Å². The topological polar surface area (TPSA) is 133 Å². The van der Waals surface area contributed by atoms with Gasteiger partial charge in [-0.1, -0.05) is 0 Å². The molecule has 0 radical (unpaired) electrons. The van der Waals surface area contributed by atoms with Crippen molar-refractivity contribution in [3.05, 3.63) is 12.5 Å². The maximum absolute atomic E-state index is 9.71. The molecule has 72 valence electrons. The molecule has 0 aliphatic heterocycles. The third-order valence-corrected chi connectivity index (χ3v) is 1.17. The molecule has 0 aromatic carbocycles. The Balaban J connectivity index is 4.30. The molecule has 0 amide bonds. The molecule has 0 aromatic rings. The molecular formula is C2H2O8S2-2. The van der Waals surface area contributed by atoms with Crippen LogP contribution >= 0.6 is 0 Å². The summed E-state index contributed by atoms with van der Waals surface area (Å²) in [5.41, 5.74) is 0. The first-order valence-electron chi connectivity index (χ1n) is 2.10. The van der Waals surface area contributed by atoms with Crippen LogP contribution in [-0.4, -0.2) is 25.9 Å². The molecule has 0 fully saturated rings. The molecule has 12 heavy (non-hydrogen) atoms. The predicted molar refractivity (Wildman–Crippen MR) is 30.7 cm³/mol. The van der Waals surface area contributed by atoms with Crippen LogP contribution in [0.5, 0.6) is 0 Å². The van der Waals surface area contributed by atoms with Crippen LogP contribution in [0, 0.1) is 0 Å². The van der Waals surface area contributed by atoms with E-state index in [9.17, 15) is 25.9 Å². The minimum absolute atomic E-state index is 1.42. The molecule has 0 bridgehead atoms. The Bertz CT molecular complexity index is 322. The second kappa shape index (κ2) is 3.26. The Morgan fingerprint density at radius 3 is 1.42 bits per heavy atom. The molecule has 0 aromatic heterocycles. The molecule has 0 rings (SSSR count). The standard InChI is InChI=1S/C2H4O8S2/c1-2(9-11(3,4)5)10-12(6,7)8/h1H2,(H,3,4,5)(H,6,7,8)/p-2. The van der Waals surface area contributed by atoms with Crippen molar-refractivity contribution in [3.63, 3.8) is 0 Å². The lowest BCUT2D eigenvalue weighted by Gasteiger charge is -2.12. The molecule has 0 unspecified atom stereocenters. The number of hydrogen-bond donors (Lipinski definition) is 0. The van der Waals surface area contributed by atoms with Gasteiger partial charge in [0.1, 0.15) is 0 Å². The minimum Gasteiger partial charge on any atom is -0.716 e. The van der Waals surface area contributed by atoms with Crippen molar-refractivity contribution in [2.24, 2.45) is 0 Å². The number of rotatable bonds is 4. The van der Waals surface area contributed by atoms with Crippen molar-refractivity contribution in [2.45, 2.75) is 0 Å². The van der Waals surface area contributed by atoms with Gasteiger partial charge in [-0.3, -0.25) is 0 Å². The zero-order valence-electron chi connectivity index (χ0n) is 5.29. The first-order valence-corrected chi connectivity index (χ1v) is 4.76. The Hall–Kier alpha value is -0.840. The van der Waals surface area contributed by atoms with Crippen molar-refractivity contribution in [1.29, 1.82) is 0 Å². The third-order valence-electron chi connectivity index (χ3n) is 0.390. The number of hydrogen-bond acceptors (Lipinski definition) is 8. The lowest BCUT2D eigenvalue weighted by atomic mass is 11.1. The molecule has 0 aliphatic rings. The molecule has 10 heteroatoms. The van der Waals surface area contributed by atoms with Crippen LogP contribution in [0.25, 0.3) is 0 Å². The van der Waals surface area contributed by atoms with E-state index in [1.807, 2.05) is 0 Å². The van der Waals surface area contributed by atoms with Crippen LogP contribution < -0.4 is 0 Å². The fourth-order valence-corrected chi connectivity index (χ4v) is 0.808. The quantitative estimate of drug-likeness (QED) is 0.313. The zero-order chi connectivity index (χ0) is 9.99. The largest absolute Gasteiger partial charge is 0.716 e. The summed E-state index contributed by atoms with van der Waals surface area (Å²) < 4.78 is 64.7. The van der Waals surface area contributed by atoms with E-state index in [-0.39, 0.29) is 0 Å². The Labute approximate surface area is 68.3 Å². The van der Waals surface area contributed by atoms with Crippen molar-refractivity contribution < 1.29 is 34.3 Å². The smallest absolute Gasteiger partial charge is 0.304 e. The normalized spacial score (nSPS) is 12.2. The van der Waals surface area contributed by atoms with Crippen LogP contribution in [0.2, 0.25) is 0 Å². The monoisotopic (exact) mass is 218 g/mol. The molecule has 0 heterocycles. The minimum atomic E-state index is -5.17. The van der Waals surface area contributed by atoms with E-state index in [0.29, 0.717) is 0 Å². The van der Waals surface area contributed by atoms with E-state index in [1.54, 1.807) is 0 Å². The summed E-state index contributed by atoms with van der Waals surface area (Å²) in [4.78, 5) is 0. The molecule has 0 saturated heterocycles. The van der Waals surface area contributed by atoms with Gasteiger partial charge in [-0.15, -0.1) is 0 Å². The first-order chi connectivity index (χ1) is 5.10. The highest BCUT2D eigenvalue weighted by molar-refractivity contribution is 7.81. The van der Waals surface area contributed by atoms with Gasteiger partial charge < -0.3 is 17.5 Å². The van der Waals surface area contributed by atoms with Gasteiger partial charge in [0.05, 0.1) is 0 Å². The highest BCUT2D eigenvalue weighted by atomic mass is 32.3. The zero-order valence-corrected chi connectivity index (χ0v) is 6.92. The summed E-state index contributed by atoms with van der Waals surface area (Å²) in [6.07, 6.45) is 0. The average Bonchev–Trinajstić information content (AvgIpc) is 1.49. The van der Waals surface area contributed by atoms with E-state index in [1.165, 1.54) is 0 Å². The highest BCUT2D eigenvalue weighted by Crippen LogP contribution is 2.03. The fraction of sp³-hybridized carbons (Fsp3) is 0. The molecule has 0 saturated carbocycles. The van der Waals surface area contributed by atoms with E-state index in [2.05, 4.69) is 14.9 Å². The van der Waals surface area contributed by atoms with Crippen molar-refractivity contribution in [2.75, 3.05) is 0 Å². The van der Waals surface area contributed by atoms with Crippen LogP contribution in [0.3, 0.4) is 0 Å². The highest BCUT2D eigenvalue weighted by Gasteiger charge is 2.04. The molecule has 0 N–H and O–H groups in total. The Morgan fingerprint density at radius 1 is 1.00 bits per heavy atom. The van der Waals surface area contributed by atoms with Gasteiger partial charge >= 0.3 is 5.95 Å². The van der Waals surface area contributed by atoms with Gasteiger partial charge in [-0.05, 0) is 6.58 Å². The predicted octanol–water partition coefficient (Wildman–Crippen LogP) is -1.59. The maximum atomic E-state index is 9.71. The maximum Gasteiger partial charge on any atom is 0.304 e. The first kappa shape index (κ1) is 11.2. The van der Waals surface area contributed by atoms with Crippen LogP contribution in [-0.2, 0) is 29.2 Å². The Morgan fingerprint density at radius 2 is 1.25 bits per heavy atom. The lowest BCUT2D eigenvalue weighted by Crippen LogP contribution is -2.09. The summed E-state index contributed by atoms with van der Waals surface area (Å²) in [5.74, 6) is -1.42. The van der Waals surface area contributed by atoms with Crippen LogP contribution in [0.15, 0.2) is 12.5 Å². The van der Waals surface area contributed by atoms with Gasteiger partial charge in [0.25, 0.3) is 20.8 Å².